The monoisotopic (exact) mass is 406 g/mol. The second-order valence-corrected chi connectivity index (χ2v) is 8.31. The standard InChI is InChI=1S/C20H23ClN2O3S/c21-17-11-15(12-18-20(17)26-9-2-8-25-18)13-19(24)23-6-4-22(5-7-23)14-16-3-1-10-27-16/h1,3,10-12H,2,4-9,13-14H2. The van der Waals surface area contributed by atoms with Crippen LogP contribution in [0.2, 0.25) is 5.02 Å². The first-order chi connectivity index (χ1) is 13.2. The lowest BCUT2D eigenvalue weighted by Crippen LogP contribution is -2.48. The summed E-state index contributed by atoms with van der Waals surface area (Å²) in [5, 5.41) is 2.62. The van der Waals surface area contributed by atoms with Gasteiger partial charge in [-0.15, -0.1) is 11.3 Å². The number of hydrogen-bond donors (Lipinski definition) is 0. The smallest absolute Gasteiger partial charge is 0.227 e. The third-order valence-electron chi connectivity index (χ3n) is 4.90. The Kier molecular flexibility index (Phi) is 5.86. The van der Waals surface area contributed by atoms with Crippen LogP contribution in [0.3, 0.4) is 0 Å². The van der Waals surface area contributed by atoms with Crippen molar-refractivity contribution in [2.45, 2.75) is 19.4 Å². The molecule has 144 valence electrons. The van der Waals surface area contributed by atoms with E-state index < -0.39 is 0 Å². The molecule has 0 atom stereocenters. The molecule has 0 saturated carbocycles. The average Bonchev–Trinajstić information content (AvgIpc) is 3.05. The van der Waals surface area contributed by atoms with Crippen LogP contribution in [0, 0.1) is 0 Å². The van der Waals surface area contributed by atoms with Crippen molar-refractivity contribution in [3.05, 3.63) is 45.1 Å². The van der Waals surface area contributed by atoms with E-state index >= 15 is 0 Å². The number of halogens is 1. The number of ether oxygens (including phenoxy) is 2. The average molecular weight is 407 g/mol. The molecule has 0 bridgehead atoms. The van der Waals surface area contributed by atoms with Crippen molar-refractivity contribution in [1.82, 2.24) is 9.80 Å². The maximum Gasteiger partial charge on any atom is 0.227 e. The minimum atomic E-state index is 0.135. The van der Waals surface area contributed by atoms with Gasteiger partial charge in [0.1, 0.15) is 0 Å². The molecular formula is C20H23ClN2O3S. The first-order valence-electron chi connectivity index (χ1n) is 9.29. The molecule has 0 N–H and O–H groups in total. The van der Waals surface area contributed by atoms with Gasteiger partial charge in [-0.05, 0) is 29.1 Å². The summed E-state index contributed by atoms with van der Waals surface area (Å²) < 4.78 is 11.4. The Morgan fingerprint density at radius 1 is 1.15 bits per heavy atom. The molecule has 2 aliphatic heterocycles. The van der Waals surface area contributed by atoms with Crippen LogP contribution < -0.4 is 9.47 Å². The molecule has 1 saturated heterocycles. The van der Waals surface area contributed by atoms with Gasteiger partial charge in [0.15, 0.2) is 11.5 Å². The molecule has 3 heterocycles. The van der Waals surface area contributed by atoms with Crippen LogP contribution in [0.5, 0.6) is 11.5 Å². The summed E-state index contributed by atoms with van der Waals surface area (Å²) in [4.78, 5) is 18.5. The molecule has 0 radical (unpaired) electrons. The Balaban J connectivity index is 1.34. The number of piperazine rings is 1. The lowest BCUT2D eigenvalue weighted by atomic mass is 10.1. The SMILES string of the molecule is O=C(Cc1cc(Cl)c2c(c1)OCCCO2)N1CCN(Cc2cccs2)CC1. The molecule has 2 aliphatic rings. The molecule has 0 aliphatic carbocycles. The molecule has 1 aromatic heterocycles. The predicted molar refractivity (Wildman–Crippen MR) is 107 cm³/mol. The van der Waals surface area contributed by atoms with Crippen LogP contribution in [0.1, 0.15) is 16.9 Å². The van der Waals surface area contributed by atoms with Crippen molar-refractivity contribution in [1.29, 1.82) is 0 Å². The normalized spacial score (nSPS) is 17.6. The predicted octanol–water partition coefficient (Wildman–Crippen LogP) is 3.45. The number of hydrogen-bond acceptors (Lipinski definition) is 5. The number of amides is 1. The van der Waals surface area contributed by atoms with E-state index in [-0.39, 0.29) is 5.91 Å². The summed E-state index contributed by atoms with van der Waals surface area (Å²) >= 11 is 8.12. The fraction of sp³-hybridized carbons (Fsp3) is 0.450. The van der Waals surface area contributed by atoms with Gasteiger partial charge in [-0.25, -0.2) is 0 Å². The van der Waals surface area contributed by atoms with Crippen LogP contribution in [0.4, 0.5) is 0 Å². The Bertz CT molecular complexity index is 789. The van der Waals surface area contributed by atoms with E-state index in [0.717, 1.165) is 44.7 Å². The topological polar surface area (TPSA) is 42.0 Å². The highest BCUT2D eigenvalue weighted by Gasteiger charge is 2.23. The highest BCUT2D eigenvalue weighted by molar-refractivity contribution is 7.09. The third-order valence-corrected chi connectivity index (χ3v) is 6.04. The van der Waals surface area contributed by atoms with E-state index in [1.807, 2.05) is 17.0 Å². The Morgan fingerprint density at radius 2 is 1.96 bits per heavy atom. The van der Waals surface area contributed by atoms with E-state index in [4.69, 9.17) is 21.1 Å². The van der Waals surface area contributed by atoms with E-state index in [0.29, 0.717) is 36.2 Å². The molecule has 1 fully saturated rings. The molecule has 7 heteroatoms. The number of carbonyl (C=O) groups excluding carboxylic acids is 1. The Morgan fingerprint density at radius 3 is 2.74 bits per heavy atom. The Hall–Kier alpha value is -1.76. The van der Waals surface area contributed by atoms with Gasteiger partial charge in [-0.2, -0.15) is 0 Å². The molecular weight excluding hydrogens is 384 g/mol. The molecule has 1 aromatic carbocycles. The van der Waals surface area contributed by atoms with Gasteiger partial charge in [-0.1, -0.05) is 17.7 Å². The van der Waals surface area contributed by atoms with Crippen molar-refractivity contribution in [2.75, 3.05) is 39.4 Å². The first kappa shape index (κ1) is 18.6. The fourth-order valence-electron chi connectivity index (χ4n) is 3.45. The second kappa shape index (κ2) is 8.50. The highest BCUT2D eigenvalue weighted by atomic mass is 35.5. The third kappa shape index (κ3) is 4.57. The maximum atomic E-state index is 12.7. The number of fused-ring (bicyclic) bond motifs is 1. The summed E-state index contributed by atoms with van der Waals surface area (Å²) in [7, 11) is 0. The molecule has 2 aromatic rings. The van der Waals surface area contributed by atoms with E-state index in [2.05, 4.69) is 22.4 Å². The number of rotatable bonds is 4. The molecule has 27 heavy (non-hydrogen) atoms. The van der Waals surface area contributed by atoms with Gasteiger partial charge >= 0.3 is 0 Å². The molecule has 0 unspecified atom stereocenters. The largest absolute Gasteiger partial charge is 0.489 e. The minimum absolute atomic E-state index is 0.135. The van der Waals surface area contributed by atoms with Gasteiger partial charge in [-0.3, -0.25) is 9.69 Å². The molecule has 0 spiro atoms. The van der Waals surface area contributed by atoms with Crippen molar-refractivity contribution >= 4 is 28.8 Å². The van der Waals surface area contributed by atoms with Crippen LogP contribution in [0.25, 0.3) is 0 Å². The summed E-state index contributed by atoms with van der Waals surface area (Å²) in [6.45, 7) is 5.52. The highest BCUT2D eigenvalue weighted by Crippen LogP contribution is 2.38. The van der Waals surface area contributed by atoms with Crippen molar-refractivity contribution in [3.63, 3.8) is 0 Å². The number of benzene rings is 1. The van der Waals surface area contributed by atoms with Crippen LogP contribution in [-0.4, -0.2) is 55.1 Å². The van der Waals surface area contributed by atoms with Crippen LogP contribution in [-0.2, 0) is 17.8 Å². The zero-order chi connectivity index (χ0) is 18.6. The lowest BCUT2D eigenvalue weighted by molar-refractivity contribution is -0.132. The van der Waals surface area contributed by atoms with Crippen molar-refractivity contribution < 1.29 is 14.3 Å². The number of carbonyl (C=O) groups is 1. The van der Waals surface area contributed by atoms with Crippen molar-refractivity contribution in [2.24, 2.45) is 0 Å². The zero-order valence-corrected chi connectivity index (χ0v) is 16.7. The van der Waals surface area contributed by atoms with Crippen LogP contribution >= 0.6 is 22.9 Å². The first-order valence-corrected chi connectivity index (χ1v) is 10.6. The quantitative estimate of drug-likeness (QED) is 0.779. The molecule has 5 nitrogen and oxygen atoms in total. The zero-order valence-electron chi connectivity index (χ0n) is 15.2. The summed E-state index contributed by atoms with van der Waals surface area (Å²) in [6.07, 6.45) is 1.16. The lowest BCUT2D eigenvalue weighted by Gasteiger charge is -2.34. The molecule has 1 amide bonds. The summed E-state index contributed by atoms with van der Waals surface area (Å²) in [5.74, 6) is 1.37. The van der Waals surface area contributed by atoms with Crippen LogP contribution in [0.15, 0.2) is 29.6 Å². The summed E-state index contributed by atoms with van der Waals surface area (Å²) in [5.41, 5.74) is 0.871. The van der Waals surface area contributed by atoms with Crippen molar-refractivity contribution in [3.8, 4) is 11.5 Å². The fourth-order valence-corrected chi connectivity index (χ4v) is 4.48. The van der Waals surface area contributed by atoms with E-state index in [9.17, 15) is 4.79 Å². The Labute approximate surface area is 168 Å². The van der Waals surface area contributed by atoms with E-state index in [1.54, 1.807) is 11.3 Å². The second-order valence-electron chi connectivity index (χ2n) is 6.87. The van der Waals surface area contributed by atoms with Gasteiger partial charge in [0.05, 0.1) is 24.7 Å². The van der Waals surface area contributed by atoms with Gasteiger partial charge < -0.3 is 14.4 Å². The maximum absolute atomic E-state index is 12.7. The van der Waals surface area contributed by atoms with Gasteiger partial charge in [0, 0.05) is 44.0 Å². The number of thiophene rings is 1. The van der Waals surface area contributed by atoms with Gasteiger partial charge in [0.25, 0.3) is 0 Å². The van der Waals surface area contributed by atoms with E-state index in [1.165, 1.54) is 4.88 Å². The minimum Gasteiger partial charge on any atom is -0.489 e. The summed E-state index contributed by atoms with van der Waals surface area (Å²) in [6, 6.07) is 7.95. The van der Waals surface area contributed by atoms with Gasteiger partial charge in [0.2, 0.25) is 5.91 Å². The number of nitrogens with zero attached hydrogens (tertiary/aromatic N) is 2. The molecule has 4 rings (SSSR count).